The van der Waals surface area contributed by atoms with E-state index in [2.05, 4.69) is 36.4 Å². The first-order valence-electron chi connectivity index (χ1n) is 9.68. The third-order valence-corrected chi connectivity index (χ3v) is 5.34. The van der Waals surface area contributed by atoms with Crippen LogP contribution in [0, 0.1) is 26.7 Å². The topological polar surface area (TPSA) is 74.0 Å². The van der Waals surface area contributed by atoms with Crippen molar-refractivity contribution in [3.8, 4) is 0 Å². The van der Waals surface area contributed by atoms with Crippen LogP contribution in [0.3, 0.4) is 0 Å². The fraction of sp³-hybridized carbons (Fsp3) is 0.455. The molecule has 1 aromatic carbocycles. The number of aromatic amines is 1. The first-order chi connectivity index (χ1) is 13.1. The number of hydrogen-bond donors (Lipinski definition) is 3. The van der Waals surface area contributed by atoms with Crippen LogP contribution in [-0.4, -0.2) is 16.9 Å². The lowest BCUT2D eigenvalue weighted by molar-refractivity contribution is 0.0950. The highest BCUT2D eigenvalue weighted by atomic mass is 35.5. The molecule has 5 nitrogen and oxygen atoms in total. The Hall–Kier alpha value is -2.27. The van der Waals surface area contributed by atoms with Gasteiger partial charge in [-0.25, -0.2) is 0 Å². The number of hydrogen-bond acceptors (Lipinski definition) is 3. The molecule has 3 N–H and O–H groups in total. The average Bonchev–Trinajstić information content (AvgIpc) is 2.60. The van der Waals surface area contributed by atoms with Crippen LogP contribution in [0.5, 0.6) is 0 Å². The summed E-state index contributed by atoms with van der Waals surface area (Å²) in [5.41, 5.74) is 4.26. The summed E-state index contributed by atoms with van der Waals surface area (Å²) in [6.45, 7) is 12.2. The van der Waals surface area contributed by atoms with Crippen LogP contribution in [0.15, 0.2) is 23.0 Å². The van der Waals surface area contributed by atoms with Crippen molar-refractivity contribution in [2.75, 3.05) is 5.32 Å². The van der Waals surface area contributed by atoms with Crippen LogP contribution >= 0.6 is 11.6 Å². The molecule has 6 heteroatoms. The number of aromatic nitrogens is 1. The standard InChI is InChI=1S/C22H30ClN3O2/c1-7-19(12(2)3)26-20-10-16(23)9-17(15(20)6)21(27)24-11-18-13(4)8-14(5)25-22(18)28/h8-10,12,19,26H,7,11H2,1-6H3,(H,24,27)(H,25,28). The van der Waals surface area contributed by atoms with Gasteiger partial charge in [-0.3, -0.25) is 9.59 Å². The molecular formula is C22H30ClN3O2. The Labute approximate surface area is 171 Å². The minimum Gasteiger partial charge on any atom is -0.382 e. The van der Waals surface area contributed by atoms with Crippen LogP contribution in [0.25, 0.3) is 0 Å². The van der Waals surface area contributed by atoms with Crippen molar-refractivity contribution in [2.45, 2.75) is 60.5 Å². The normalized spacial score (nSPS) is 12.1. The second-order valence-electron chi connectivity index (χ2n) is 7.65. The van der Waals surface area contributed by atoms with Crippen molar-refractivity contribution >= 4 is 23.2 Å². The lowest BCUT2D eigenvalue weighted by Gasteiger charge is -2.24. The molecule has 1 atom stereocenters. The molecule has 0 saturated heterocycles. The van der Waals surface area contributed by atoms with E-state index >= 15 is 0 Å². The number of amides is 1. The molecule has 1 heterocycles. The number of benzene rings is 1. The van der Waals surface area contributed by atoms with Crippen molar-refractivity contribution in [1.82, 2.24) is 10.3 Å². The van der Waals surface area contributed by atoms with Gasteiger partial charge in [-0.05, 0) is 62.4 Å². The number of halogens is 1. The van der Waals surface area contributed by atoms with Crippen LogP contribution in [0.2, 0.25) is 5.02 Å². The van der Waals surface area contributed by atoms with E-state index in [9.17, 15) is 9.59 Å². The molecule has 0 fully saturated rings. The summed E-state index contributed by atoms with van der Waals surface area (Å²) in [4.78, 5) is 27.8. The fourth-order valence-corrected chi connectivity index (χ4v) is 3.59. The molecule has 0 aliphatic carbocycles. The van der Waals surface area contributed by atoms with E-state index < -0.39 is 0 Å². The molecule has 2 rings (SSSR count). The quantitative estimate of drug-likeness (QED) is 0.625. The average molecular weight is 404 g/mol. The van der Waals surface area contributed by atoms with E-state index in [-0.39, 0.29) is 18.0 Å². The van der Waals surface area contributed by atoms with Gasteiger partial charge in [0.1, 0.15) is 0 Å². The Bertz CT molecular complexity index is 919. The van der Waals surface area contributed by atoms with Crippen molar-refractivity contribution < 1.29 is 4.79 Å². The zero-order valence-corrected chi connectivity index (χ0v) is 18.3. The van der Waals surface area contributed by atoms with Crippen LogP contribution < -0.4 is 16.2 Å². The molecule has 2 aromatic rings. The lowest BCUT2D eigenvalue weighted by atomic mass is 9.99. The number of anilines is 1. The molecular weight excluding hydrogens is 374 g/mol. The van der Waals surface area contributed by atoms with Gasteiger partial charge in [0.2, 0.25) is 0 Å². The zero-order valence-electron chi connectivity index (χ0n) is 17.5. The third kappa shape index (κ3) is 5.16. The number of carbonyl (C=O) groups is 1. The molecule has 0 radical (unpaired) electrons. The van der Waals surface area contributed by atoms with Crippen molar-refractivity contribution in [2.24, 2.45) is 5.92 Å². The Morgan fingerprint density at radius 3 is 2.43 bits per heavy atom. The van der Waals surface area contributed by atoms with Crippen molar-refractivity contribution in [3.05, 3.63) is 61.5 Å². The van der Waals surface area contributed by atoms with Gasteiger partial charge < -0.3 is 15.6 Å². The molecule has 0 bridgehead atoms. The van der Waals surface area contributed by atoms with Crippen LogP contribution in [-0.2, 0) is 6.54 Å². The summed E-state index contributed by atoms with van der Waals surface area (Å²) in [7, 11) is 0. The molecule has 152 valence electrons. The van der Waals surface area contributed by atoms with Gasteiger partial charge in [-0.1, -0.05) is 32.4 Å². The predicted octanol–water partition coefficient (Wildman–Crippen LogP) is 4.73. The molecule has 0 spiro atoms. The molecule has 0 saturated carbocycles. The Balaban J connectivity index is 2.25. The second kappa shape index (κ2) is 9.28. The fourth-order valence-electron chi connectivity index (χ4n) is 3.37. The number of carbonyl (C=O) groups excluding carboxylic acids is 1. The van der Waals surface area contributed by atoms with E-state index in [1.807, 2.05) is 32.9 Å². The molecule has 0 aliphatic rings. The molecule has 28 heavy (non-hydrogen) atoms. The molecule has 1 amide bonds. The van der Waals surface area contributed by atoms with E-state index in [0.717, 1.165) is 28.9 Å². The summed E-state index contributed by atoms with van der Waals surface area (Å²) < 4.78 is 0. The summed E-state index contributed by atoms with van der Waals surface area (Å²) in [5, 5.41) is 6.87. The zero-order chi connectivity index (χ0) is 21.0. The highest BCUT2D eigenvalue weighted by Crippen LogP contribution is 2.27. The minimum atomic E-state index is -0.250. The van der Waals surface area contributed by atoms with Crippen LogP contribution in [0.4, 0.5) is 5.69 Å². The van der Waals surface area contributed by atoms with Crippen LogP contribution in [0.1, 0.15) is 59.9 Å². The number of aryl methyl sites for hydroxylation is 2. The van der Waals surface area contributed by atoms with Gasteiger partial charge in [0.25, 0.3) is 11.5 Å². The molecule has 1 unspecified atom stereocenters. The summed E-state index contributed by atoms with van der Waals surface area (Å²) in [6.07, 6.45) is 0.973. The highest BCUT2D eigenvalue weighted by molar-refractivity contribution is 6.31. The summed E-state index contributed by atoms with van der Waals surface area (Å²) in [6, 6.07) is 5.71. The minimum absolute atomic E-state index is 0.165. The number of H-pyrrole nitrogens is 1. The lowest BCUT2D eigenvalue weighted by Crippen LogP contribution is -2.29. The smallest absolute Gasteiger partial charge is 0.253 e. The largest absolute Gasteiger partial charge is 0.382 e. The van der Waals surface area contributed by atoms with Gasteiger partial charge in [-0.15, -0.1) is 0 Å². The number of rotatable bonds is 7. The monoisotopic (exact) mass is 403 g/mol. The van der Waals surface area contributed by atoms with Gasteiger partial charge in [0, 0.05) is 40.1 Å². The summed E-state index contributed by atoms with van der Waals surface area (Å²) >= 11 is 6.28. The maximum absolute atomic E-state index is 12.8. The molecule has 0 aliphatic heterocycles. The van der Waals surface area contributed by atoms with Gasteiger partial charge >= 0.3 is 0 Å². The van der Waals surface area contributed by atoms with E-state index in [1.54, 1.807) is 6.07 Å². The first kappa shape index (κ1) is 22.0. The second-order valence-corrected chi connectivity index (χ2v) is 8.09. The van der Waals surface area contributed by atoms with Crippen molar-refractivity contribution in [3.63, 3.8) is 0 Å². The maximum Gasteiger partial charge on any atom is 0.253 e. The summed E-state index contributed by atoms with van der Waals surface area (Å²) in [5.74, 6) is 0.205. The third-order valence-electron chi connectivity index (χ3n) is 5.12. The Morgan fingerprint density at radius 1 is 1.18 bits per heavy atom. The van der Waals surface area contributed by atoms with Crippen molar-refractivity contribution in [1.29, 1.82) is 0 Å². The Kier molecular flexibility index (Phi) is 7.30. The van der Waals surface area contributed by atoms with Gasteiger partial charge in [0.05, 0.1) is 0 Å². The highest BCUT2D eigenvalue weighted by Gasteiger charge is 2.18. The molecule has 1 aromatic heterocycles. The SMILES string of the molecule is CCC(Nc1cc(Cl)cc(C(=O)NCc2c(C)cc(C)[nH]c2=O)c1C)C(C)C. The Morgan fingerprint density at radius 2 is 1.86 bits per heavy atom. The van der Waals surface area contributed by atoms with E-state index in [4.69, 9.17) is 11.6 Å². The van der Waals surface area contributed by atoms with E-state index in [1.165, 1.54) is 0 Å². The number of pyridine rings is 1. The van der Waals surface area contributed by atoms with Gasteiger partial charge in [-0.2, -0.15) is 0 Å². The maximum atomic E-state index is 12.8. The van der Waals surface area contributed by atoms with E-state index in [0.29, 0.717) is 28.1 Å². The van der Waals surface area contributed by atoms with Gasteiger partial charge in [0.15, 0.2) is 0 Å². The number of nitrogens with one attached hydrogen (secondary N) is 3. The predicted molar refractivity (Wildman–Crippen MR) is 116 cm³/mol. The first-order valence-corrected chi connectivity index (χ1v) is 10.1.